The SMILES string of the molecule is CCCn1cncc1-c1cn(CCCN)nn1. The van der Waals surface area contributed by atoms with Crippen molar-refractivity contribution in [3.63, 3.8) is 0 Å². The predicted molar refractivity (Wildman–Crippen MR) is 65.2 cm³/mol. The zero-order chi connectivity index (χ0) is 12.1. The molecular weight excluding hydrogens is 216 g/mol. The average molecular weight is 234 g/mol. The molecule has 0 aromatic carbocycles. The van der Waals surface area contributed by atoms with Crippen LogP contribution >= 0.6 is 0 Å². The molecule has 0 spiro atoms. The monoisotopic (exact) mass is 234 g/mol. The zero-order valence-electron chi connectivity index (χ0n) is 10.1. The molecular formula is C11H18N6. The topological polar surface area (TPSA) is 74.5 Å². The highest BCUT2D eigenvalue weighted by molar-refractivity contribution is 5.51. The molecule has 2 rings (SSSR count). The van der Waals surface area contributed by atoms with Gasteiger partial charge < -0.3 is 10.3 Å². The van der Waals surface area contributed by atoms with E-state index in [0.717, 1.165) is 37.3 Å². The van der Waals surface area contributed by atoms with E-state index in [1.54, 1.807) is 0 Å². The third-order valence-electron chi connectivity index (χ3n) is 2.57. The molecule has 0 aliphatic rings. The lowest BCUT2D eigenvalue weighted by Gasteiger charge is -2.02. The molecule has 0 radical (unpaired) electrons. The van der Waals surface area contributed by atoms with E-state index < -0.39 is 0 Å². The molecule has 92 valence electrons. The van der Waals surface area contributed by atoms with Crippen LogP contribution in [-0.2, 0) is 13.1 Å². The lowest BCUT2D eigenvalue weighted by atomic mass is 10.3. The van der Waals surface area contributed by atoms with Crippen molar-refractivity contribution < 1.29 is 0 Å². The van der Waals surface area contributed by atoms with Crippen LogP contribution in [0.5, 0.6) is 0 Å². The Kier molecular flexibility index (Phi) is 3.87. The maximum absolute atomic E-state index is 5.47. The molecule has 0 atom stereocenters. The van der Waals surface area contributed by atoms with Crippen molar-refractivity contribution >= 4 is 0 Å². The van der Waals surface area contributed by atoms with Gasteiger partial charge in [0.05, 0.1) is 24.4 Å². The molecule has 2 N–H and O–H groups in total. The van der Waals surface area contributed by atoms with E-state index in [1.807, 2.05) is 23.4 Å². The summed E-state index contributed by atoms with van der Waals surface area (Å²) in [6, 6.07) is 0. The highest BCUT2D eigenvalue weighted by Gasteiger charge is 2.08. The zero-order valence-corrected chi connectivity index (χ0v) is 10.1. The van der Waals surface area contributed by atoms with E-state index in [-0.39, 0.29) is 0 Å². The molecule has 6 heteroatoms. The van der Waals surface area contributed by atoms with Crippen LogP contribution in [0.3, 0.4) is 0 Å². The Morgan fingerprint density at radius 3 is 3.00 bits per heavy atom. The molecule has 0 amide bonds. The van der Waals surface area contributed by atoms with Crippen molar-refractivity contribution in [3.8, 4) is 11.4 Å². The van der Waals surface area contributed by atoms with Gasteiger partial charge in [0.15, 0.2) is 0 Å². The minimum atomic E-state index is 0.670. The minimum Gasteiger partial charge on any atom is -0.330 e. The Labute approximate surface area is 100 Å². The number of aromatic nitrogens is 5. The normalized spacial score (nSPS) is 10.9. The smallest absolute Gasteiger partial charge is 0.131 e. The molecule has 2 aromatic heterocycles. The van der Waals surface area contributed by atoms with Gasteiger partial charge in [0.2, 0.25) is 0 Å². The van der Waals surface area contributed by atoms with Crippen molar-refractivity contribution in [2.75, 3.05) is 6.54 Å². The molecule has 0 fully saturated rings. The summed E-state index contributed by atoms with van der Waals surface area (Å²) in [6.07, 6.45) is 7.59. The summed E-state index contributed by atoms with van der Waals surface area (Å²) in [7, 11) is 0. The molecule has 2 heterocycles. The van der Waals surface area contributed by atoms with Gasteiger partial charge in [-0.3, -0.25) is 4.68 Å². The van der Waals surface area contributed by atoms with E-state index >= 15 is 0 Å². The van der Waals surface area contributed by atoms with Gasteiger partial charge in [-0.1, -0.05) is 12.1 Å². The number of aryl methyl sites for hydroxylation is 2. The van der Waals surface area contributed by atoms with Crippen molar-refractivity contribution in [2.45, 2.75) is 32.9 Å². The van der Waals surface area contributed by atoms with E-state index in [4.69, 9.17) is 5.73 Å². The summed E-state index contributed by atoms with van der Waals surface area (Å²) in [5.74, 6) is 0. The van der Waals surface area contributed by atoms with Gasteiger partial charge in [0.25, 0.3) is 0 Å². The summed E-state index contributed by atoms with van der Waals surface area (Å²) < 4.78 is 3.92. The van der Waals surface area contributed by atoms with E-state index in [2.05, 4.69) is 26.8 Å². The van der Waals surface area contributed by atoms with Crippen molar-refractivity contribution in [1.82, 2.24) is 24.5 Å². The Hall–Kier alpha value is -1.69. The Bertz CT molecular complexity index is 458. The fraction of sp³-hybridized carbons (Fsp3) is 0.545. The molecule has 0 aliphatic carbocycles. The first kappa shape index (κ1) is 11.8. The predicted octanol–water partition coefficient (Wildman–Crippen LogP) is 0.900. The van der Waals surface area contributed by atoms with Gasteiger partial charge in [-0.2, -0.15) is 0 Å². The highest BCUT2D eigenvalue weighted by atomic mass is 15.4. The Balaban J connectivity index is 2.15. The second-order valence-electron chi connectivity index (χ2n) is 3.98. The standard InChI is InChI=1S/C11H18N6/c1-2-5-16-9-13-7-11(16)10-8-17(15-14-10)6-3-4-12/h7-9H,2-6,12H2,1H3. The van der Waals surface area contributed by atoms with Crippen molar-refractivity contribution in [2.24, 2.45) is 5.73 Å². The van der Waals surface area contributed by atoms with E-state index in [0.29, 0.717) is 6.54 Å². The number of imidazole rings is 1. The number of nitrogens with zero attached hydrogens (tertiary/aromatic N) is 5. The minimum absolute atomic E-state index is 0.670. The summed E-state index contributed by atoms with van der Waals surface area (Å²) >= 11 is 0. The fourth-order valence-electron chi connectivity index (χ4n) is 1.73. The lowest BCUT2D eigenvalue weighted by Crippen LogP contribution is -2.06. The second kappa shape index (κ2) is 5.58. The van der Waals surface area contributed by atoms with Gasteiger partial charge in [-0.25, -0.2) is 4.98 Å². The summed E-state index contributed by atoms with van der Waals surface area (Å²) in [5.41, 5.74) is 7.35. The maximum Gasteiger partial charge on any atom is 0.131 e. The molecule has 2 aromatic rings. The van der Waals surface area contributed by atoms with Crippen LogP contribution < -0.4 is 5.73 Å². The molecule has 0 bridgehead atoms. The van der Waals surface area contributed by atoms with Gasteiger partial charge in [0.1, 0.15) is 5.69 Å². The van der Waals surface area contributed by atoms with Crippen LogP contribution in [0.2, 0.25) is 0 Å². The number of rotatable bonds is 6. The Morgan fingerprint density at radius 2 is 2.24 bits per heavy atom. The van der Waals surface area contributed by atoms with Gasteiger partial charge in [-0.05, 0) is 19.4 Å². The molecule has 0 aliphatic heterocycles. The van der Waals surface area contributed by atoms with Gasteiger partial charge in [-0.15, -0.1) is 5.10 Å². The summed E-state index contributed by atoms with van der Waals surface area (Å²) in [4.78, 5) is 4.15. The van der Waals surface area contributed by atoms with Crippen LogP contribution in [0.1, 0.15) is 19.8 Å². The molecule has 6 nitrogen and oxygen atoms in total. The molecule has 0 unspecified atom stereocenters. The van der Waals surface area contributed by atoms with Crippen LogP contribution in [0.15, 0.2) is 18.7 Å². The summed E-state index contributed by atoms with van der Waals surface area (Å²) in [5, 5.41) is 8.25. The van der Waals surface area contributed by atoms with Crippen molar-refractivity contribution in [3.05, 3.63) is 18.7 Å². The van der Waals surface area contributed by atoms with Gasteiger partial charge in [0, 0.05) is 13.1 Å². The first-order valence-corrected chi connectivity index (χ1v) is 5.96. The molecule has 17 heavy (non-hydrogen) atoms. The van der Waals surface area contributed by atoms with Crippen LogP contribution in [0.25, 0.3) is 11.4 Å². The van der Waals surface area contributed by atoms with E-state index in [9.17, 15) is 0 Å². The largest absolute Gasteiger partial charge is 0.330 e. The number of hydrogen-bond donors (Lipinski definition) is 1. The van der Waals surface area contributed by atoms with Crippen LogP contribution in [0, 0.1) is 0 Å². The lowest BCUT2D eigenvalue weighted by molar-refractivity contribution is 0.564. The maximum atomic E-state index is 5.47. The van der Waals surface area contributed by atoms with Gasteiger partial charge >= 0.3 is 0 Å². The number of hydrogen-bond acceptors (Lipinski definition) is 4. The first-order chi connectivity index (χ1) is 8.35. The second-order valence-corrected chi connectivity index (χ2v) is 3.98. The quantitative estimate of drug-likeness (QED) is 0.805. The van der Waals surface area contributed by atoms with E-state index in [1.165, 1.54) is 0 Å². The number of nitrogens with two attached hydrogens (primary N) is 1. The van der Waals surface area contributed by atoms with Crippen LogP contribution in [-0.4, -0.2) is 31.1 Å². The highest BCUT2D eigenvalue weighted by Crippen LogP contribution is 2.15. The third-order valence-corrected chi connectivity index (χ3v) is 2.57. The average Bonchev–Trinajstić information content (AvgIpc) is 2.95. The van der Waals surface area contributed by atoms with Crippen LogP contribution in [0.4, 0.5) is 0 Å². The molecule has 0 saturated carbocycles. The summed E-state index contributed by atoms with van der Waals surface area (Å²) in [6.45, 7) is 4.57. The third kappa shape index (κ3) is 2.71. The van der Waals surface area contributed by atoms with Crippen molar-refractivity contribution in [1.29, 1.82) is 0 Å². The fourth-order valence-corrected chi connectivity index (χ4v) is 1.73. The molecule has 0 saturated heterocycles. The first-order valence-electron chi connectivity index (χ1n) is 5.96. The Morgan fingerprint density at radius 1 is 1.35 bits per heavy atom.